The lowest BCUT2D eigenvalue weighted by molar-refractivity contribution is -0.163. The molecule has 1 unspecified atom stereocenters. The first-order chi connectivity index (χ1) is 3.29. The smallest absolute Gasteiger partial charge is 0.355 e. The highest BCUT2D eigenvalue weighted by atomic mass is 19.2. The molecule has 1 saturated heterocycles. The van der Waals surface area contributed by atoms with Crippen LogP contribution in [0.3, 0.4) is 0 Å². The summed E-state index contributed by atoms with van der Waals surface area (Å²) in [4.78, 5) is 9.87. The number of esters is 1. The van der Waals surface area contributed by atoms with Crippen molar-refractivity contribution in [2.24, 2.45) is 0 Å². The molecule has 3 nitrogen and oxygen atoms in total. The zero-order valence-corrected chi connectivity index (χ0v) is 3.39. The molecule has 1 aliphatic rings. The Kier molecular flexibility index (Phi) is 0.941. The summed E-state index contributed by atoms with van der Waals surface area (Å²) < 4.78 is 19.4. The Morgan fingerprint density at radius 2 is 2.57 bits per heavy atom. The minimum absolute atomic E-state index is 0.263. The van der Waals surface area contributed by atoms with Crippen LogP contribution < -0.4 is 0 Å². The molecule has 0 spiro atoms. The third-order valence-corrected chi connectivity index (χ3v) is 0.556. The van der Waals surface area contributed by atoms with Crippen molar-refractivity contribution in [2.45, 2.75) is 6.54 Å². The van der Waals surface area contributed by atoms with Crippen molar-refractivity contribution in [2.75, 3.05) is 6.61 Å². The first-order valence-electron chi connectivity index (χ1n) is 1.74. The molecule has 0 N–H and O–H groups in total. The zero-order chi connectivity index (χ0) is 5.28. The van der Waals surface area contributed by atoms with Gasteiger partial charge in [-0.25, -0.2) is 4.79 Å². The van der Waals surface area contributed by atoms with Crippen molar-refractivity contribution < 1.29 is 18.7 Å². The van der Waals surface area contributed by atoms with E-state index in [0.29, 0.717) is 0 Å². The number of hydrogen-bond acceptors (Lipinski definition) is 3. The van der Waals surface area contributed by atoms with Gasteiger partial charge in [0.05, 0.1) is 0 Å². The van der Waals surface area contributed by atoms with Crippen molar-refractivity contribution in [1.29, 1.82) is 0 Å². The van der Waals surface area contributed by atoms with Gasteiger partial charge in [-0.15, -0.1) is 0 Å². The summed E-state index contributed by atoms with van der Waals surface area (Å²) in [6.45, 7) is -2.09. The summed E-state index contributed by atoms with van der Waals surface area (Å²) in [5.74, 6) is -0.646. The van der Waals surface area contributed by atoms with Gasteiger partial charge in [0.2, 0.25) is 0 Å². The minimum atomic E-state index is -1.83. The van der Waals surface area contributed by atoms with E-state index in [1.807, 2.05) is 0 Å². The van der Waals surface area contributed by atoms with Crippen LogP contribution in [0.2, 0.25) is 0 Å². The van der Waals surface area contributed by atoms with Crippen LogP contribution in [0.25, 0.3) is 0 Å². The molecule has 40 valence electrons. The number of cyclic esters (lactones) is 1. The maximum Gasteiger partial charge on any atom is 0.355 e. The summed E-state index contributed by atoms with van der Waals surface area (Å²) >= 11 is 0. The molecule has 1 atom stereocenters. The molecule has 0 aliphatic carbocycles. The number of carbonyl (C=O) groups is 1. The fraction of sp³-hybridized carbons (Fsp3) is 0.667. The second kappa shape index (κ2) is 1.46. The molecule has 0 saturated carbocycles. The Hall–Kier alpha value is -0.640. The van der Waals surface area contributed by atoms with Crippen molar-refractivity contribution in [3.8, 4) is 0 Å². The van der Waals surface area contributed by atoms with Crippen LogP contribution >= 0.6 is 0 Å². The van der Waals surface area contributed by atoms with E-state index in [2.05, 4.69) is 9.47 Å². The number of rotatable bonds is 0. The van der Waals surface area contributed by atoms with Crippen LogP contribution in [0.15, 0.2) is 0 Å². The van der Waals surface area contributed by atoms with Crippen LogP contribution in [-0.4, -0.2) is 19.1 Å². The second-order valence-corrected chi connectivity index (χ2v) is 1.08. The third-order valence-electron chi connectivity index (χ3n) is 0.556. The Labute approximate surface area is 39.0 Å². The standard InChI is InChI=1S/C3H3FO3/c4-3-6-1-2(5)7-3/h3H,1H2. The predicted molar refractivity (Wildman–Crippen MR) is 16.9 cm³/mol. The van der Waals surface area contributed by atoms with Crippen LogP contribution in [-0.2, 0) is 14.3 Å². The van der Waals surface area contributed by atoms with Gasteiger partial charge in [0.1, 0.15) is 0 Å². The molecule has 0 radical (unpaired) electrons. The Morgan fingerprint density at radius 1 is 1.86 bits per heavy atom. The van der Waals surface area contributed by atoms with Gasteiger partial charge in [-0.1, -0.05) is 0 Å². The lowest BCUT2D eigenvalue weighted by Gasteiger charge is -1.89. The van der Waals surface area contributed by atoms with Crippen molar-refractivity contribution in [1.82, 2.24) is 0 Å². The van der Waals surface area contributed by atoms with Gasteiger partial charge in [0, 0.05) is 0 Å². The lowest BCUT2D eigenvalue weighted by atomic mass is 10.8. The lowest BCUT2D eigenvalue weighted by Crippen LogP contribution is -1.98. The third kappa shape index (κ3) is 0.866. The molecule has 1 heterocycles. The molecule has 0 aromatic rings. The average Bonchev–Trinajstić information content (AvgIpc) is 1.87. The number of carbonyl (C=O) groups excluding carboxylic acids is 1. The topological polar surface area (TPSA) is 35.5 Å². The minimum Gasteiger partial charge on any atom is -0.405 e. The molecule has 1 fully saturated rings. The Balaban J connectivity index is 2.40. The van der Waals surface area contributed by atoms with Crippen LogP contribution in [0.4, 0.5) is 4.39 Å². The van der Waals surface area contributed by atoms with E-state index in [1.54, 1.807) is 0 Å². The molecule has 0 bridgehead atoms. The summed E-state index contributed by atoms with van der Waals surface area (Å²) in [5, 5.41) is 0. The van der Waals surface area contributed by atoms with Gasteiger partial charge in [-0.05, 0) is 0 Å². The van der Waals surface area contributed by atoms with Gasteiger partial charge in [0.25, 0.3) is 0 Å². The van der Waals surface area contributed by atoms with Crippen LogP contribution in [0.1, 0.15) is 0 Å². The maximum atomic E-state index is 11.5. The highest BCUT2D eigenvalue weighted by Crippen LogP contribution is 2.04. The van der Waals surface area contributed by atoms with E-state index >= 15 is 0 Å². The van der Waals surface area contributed by atoms with Crippen molar-refractivity contribution in [3.63, 3.8) is 0 Å². The Bertz CT molecular complexity index is 92.2. The quantitative estimate of drug-likeness (QED) is 0.401. The molecular weight excluding hydrogens is 103 g/mol. The summed E-state index contributed by atoms with van der Waals surface area (Å²) in [5.41, 5.74) is 0. The monoisotopic (exact) mass is 106 g/mol. The molecule has 4 heteroatoms. The maximum absolute atomic E-state index is 11.5. The first kappa shape index (κ1) is 4.52. The first-order valence-corrected chi connectivity index (χ1v) is 1.74. The molecule has 1 aliphatic heterocycles. The molecular formula is C3H3FO3. The molecule has 0 amide bonds. The SMILES string of the molecule is O=C1COC(F)O1. The van der Waals surface area contributed by atoms with E-state index in [4.69, 9.17) is 0 Å². The second-order valence-electron chi connectivity index (χ2n) is 1.08. The summed E-state index contributed by atoms with van der Waals surface area (Å²) in [6.07, 6.45) is 0. The Morgan fingerprint density at radius 3 is 2.71 bits per heavy atom. The van der Waals surface area contributed by atoms with Gasteiger partial charge >= 0.3 is 12.5 Å². The number of hydrogen-bond donors (Lipinski definition) is 0. The zero-order valence-electron chi connectivity index (χ0n) is 3.39. The van der Waals surface area contributed by atoms with Gasteiger partial charge < -0.3 is 9.47 Å². The van der Waals surface area contributed by atoms with E-state index < -0.39 is 12.5 Å². The van der Waals surface area contributed by atoms with Crippen molar-refractivity contribution in [3.05, 3.63) is 0 Å². The fourth-order valence-electron chi connectivity index (χ4n) is 0.305. The van der Waals surface area contributed by atoms with Gasteiger partial charge in [-0.3, -0.25) is 0 Å². The van der Waals surface area contributed by atoms with Gasteiger partial charge in [-0.2, -0.15) is 4.39 Å². The predicted octanol–water partition coefficient (Wildman–Crippen LogP) is -0.187. The molecule has 0 aromatic heterocycles. The van der Waals surface area contributed by atoms with E-state index in [9.17, 15) is 9.18 Å². The van der Waals surface area contributed by atoms with E-state index in [1.165, 1.54) is 0 Å². The van der Waals surface area contributed by atoms with Gasteiger partial charge in [0.15, 0.2) is 6.61 Å². The summed E-state index contributed by atoms with van der Waals surface area (Å²) in [7, 11) is 0. The van der Waals surface area contributed by atoms with Crippen molar-refractivity contribution >= 4 is 5.97 Å². The summed E-state index contributed by atoms with van der Waals surface area (Å²) in [6, 6.07) is 0. The number of halogens is 1. The fourth-order valence-corrected chi connectivity index (χ4v) is 0.305. The van der Waals surface area contributed by atoms with Crippen LogP contribution in [0.5, 0.6) is 0 Å². The largest absolute Gasteiger partial charge is 0.405 e. The van der Waals surface area contributed by atoms with E-state index in [0.717, 1.165) is 0 Å². The normalized spacial score (nSPS) is 30.4. The van der Waals surface area contributed by atoms with Crippen LogP contribution in [0, 0.1) is 0 Å². The number of ether oxygens (including phenoxy) is 2. The average molecular weight is 106 g/mol. The van der Waals surface area contributed by atoms with E-state index in [-0.39, 0.29) is 6.61 Å². The molecule has 0 aromatic carbocycles. The highest BCUT2D eigenvalue weighted by molar-refractivity contribution is 5.71. The molecule has 1 rings (SSSR count). The number of alkyl halides is 1. The molecule has 7 heavy (non-hydrogen) atoms. The highest BCUT2D eigenvalue weighted by Gasteiger charge is 2.21.